The second-order valence-electron chi connectivity index (χ2n) is 8.31. The van der Waals surface area contributed by atoms with Gasteiger partial charge in [0.2, 0.25) is 11.8 Å². The largest absolute Gasteiger partial charge is 0.352 e. The smallest absolute Gasteiger partial charge is 0.228 e. The number of carbonyl (C=O) groups excluding carboxylic acids is 2. The van der Waals surface area contributed by atoms with Crippen molar-refractivity contribution in [3.63, 3.8) is 0 Å². The highest BCUT2D eigenvalue weighted by Crippen LogP contribution is 2.27. The number of likely N-dealkylation sites (tertiary alicyclic amines) is 1. The molecule has 2 aliphatic heterocycles. The van der Waals surface area contributed by atoms with Crippen LogP contribution in [0.2, 0.25) is 0 Å². The van der Waals surface area contributed by atoms with E-state index in [0.717, 1.165) is 30.3 Å². The number of amides is 2. The zero-order valence-electron chi connectivity index (χ0n) is 16.4. The highest BCUT2D eigenvalue weighted by atomic mass is 16.2. The molecule has 0 aromatic carbocycles. The molecule has 0 saturated carbocycles. The van der Waals surface area contributed by atoms with Crippen LogP contribution in [0.5, 0.6) is 0 Å². The molecule has 0 N–H and O–H groups in total. The molecule has 0 radical (unpaired) electrons. The Bertz CT molecular complexity index is 704. The first kappa shape index (κ1) is 18.6. The molecule has 2 aliphatic rings. The zero-order chi connectivity index (χ0) is 19.1. The van der Waals surface area contributed by atoms with E-state index >= 15 is 0 Å². The molecule has 1 aromatic rings. The SMILES string of the molecule is Cc1cnc(C)c(N2CCN(C(=O)[C@H]3CC(=O)N(C(C)(C)C)C3)CC2)n1. The van der Waals surface area contributed by atoms with E-state index < -0.39 is 0 Å². The molecule has 0 spiro atoms. The van der Waals surface area contributed by atoms with Gasteiger partial charge in [-0.3, -0.25) is 14.6 Å². The number of carbonyl (C=O) groups is 2. The minimum atomic E-state index is -0.230. The Morgan fingerprint density at radius 2 is 1.81 bits per heavy atom. The Balaban J connectivity index is 1.61. The van der Waals surface area contributed by atoms with Crippen molar-refractivity contribution in [3.8, 4) is 0 Å². The summed E-state index contributed by atoms with van der Waals surface area (Å²) in [7, 11) is 0. The number of aryl methyl sites for hydroxylation is 2. The van der Waals surface area contributed by atoms with Crippen LogP contribution in [-0.4, -0.2) is 69.8 Å². The number of nitrogens with zero attached hydrogens (tertiary/aromatic N) is 5. The summed E-state index contributed by atoms with van der Waals surface area (Å²) in [5.41, 5.74) is 1.58. The minimum absolute atomic E-state index is 0.0835. The average molecular weight is 359 g/mol. The molecule has 7 heteroatoms. The maximum atomic E-state index is 12.9. The quantitative estimate of drug-likeness (QED) is 0.798. The maximum Gasteiger partial charge on any atom is 0.228 e. The first-order valence-corrected chi connectivity index (χ1v) is 9.31. The molecular weight excluding hydrogens is 330 g/mol. The first-order valence-electron chi connectivity index (χ1n) is 9.31. The van der Waals surface area contributed by atoms with Gasteiger partial charge in [-0.1, -0.05) is 0 Å². The van der Waals surface area contributed by atoms with Gasteiger partial charge in [-0.15, -0.1) is 0 Å². The van der Waals surface area contributed by atoms with E-state index in [1.807, 2.05) is 44.4 Å². The maximum absolute atomic E-state index is 12.9. The van der Waals surface area contributed by atoms with Crippen molar-refractivity contribution < 1.29 is 9.59 Å². The number of hydrogen-bond donors (Lipinski definition) is 0. The molecule has 7 nitrogen and oxygen atoms in total. The molecule has 142 valence electrons. The van der Waals surface area contributed by atoms with E-state index in [-0.39, 0.29) is 23.3 Å². The summed E-state index contributed by atoms with van der Waals surface area (Å²) in [5, 5.41) is 0. The number of anilines is 1. The normalized spacial score (nSPS) is 21.5. The molecular formula is C19H29N5O2. The number of rotatable bonds is 2. The zero-order valence-corrected chi connectivity index (χ0v) is 16.4. The van der Waals surface area contributed by atoms with Crippen LogP contribution in [0.3, 0.4) is 0 Å². The lowest BCUT2D eigenvalue weighted by molar-refractivity contribution is -0.136. The van der Waals surface area contributed by atoms with Crippen LogP contribution < -0.4 is 4.90 Å². The van der Waals surface area contributed by atoms with Gasteiger partial charge in [-0.25, -0.2) is 4.98 Å². The Labute approximate surface area is 155 Å². The second-order valence-corrected chi connectivity index (χ2v) is 8.31. The summed E-state index contributed by atoms with van der Waals surface area (Å²) < 4.78 is 0. The molecule has 0 aliphatic carbocycles. The molecule has 3 rings (SSSR count). The predicted octanol–water partition coefficient (Wildman–Crippen LogP) is 1.39. The molecule has 3 heterocycles. The van der Waals surface area contributed by atoms with Crippen molar-refractivity contribution in [2.24, 2.45) is 5.92 Å². The van der Waals surface area contributed by atoms with Crippen LogP contribution in [0.4, 0.5) is 5.82 Å². The Morgan fingerprint density at radius 3 is 2.38 bits per heavy atom. The van der Waals surface area contributed by atoms with Gasteiger partial charge in [0.15, 0.2) is 0 Å². The van der Waals surface area contributed by atoms with E-state index in [2.05, 4.69) is 14.9 Å². The Kier molecular flexibility index (Phi) is 4.90. The van der Waals surface area contributed by atoms with Crippen LogP contribution in [0.25, 0.3) is 0 Å². The van der Waals surface area contributed by atoms with Crippen LogP contribution in [0.15, 0.2) is 6.20 Å². The Morgan fingerprint density at radius 1 is 1.15 bits per heavy atom. The number of aromatic nitrogens is 2. The fourth-order valence-electron chi connectivity index (χ4n) is 3.74. The molecule has 2 amide bonds. The fourth-order valence-corrected chi connectivity index (χ4v) is 3.74. The van der Waals surface area contributed by atoms with Crippen LogP contribution >= 0.6 is 0 Å². The summed E-state index contributed by atoms with van der Waals surface area (Å²) in [4.78, 5) is 40.0. The van der Waals surface area contributed by atoms with Gasteiger partial charge in [-0.05, 0) is 34.6 Å². The number of piperazine rings is 1. The van der Waals surface area contributed by atoms with Crippen LogP contribution in [0.1, 0.15) is 38.6 Å². The molecule has 0 bridgehead atoms. The molecule has 2 saturated heterocycles. The highest BCUT2D eigenvalue weighted by Gasteiger charge is 2.41. The second kappa shape index (κ2) is 6.85. The predicted molar refractivity (Wildman–Crippen MR) is 99.9 cm³/mol. The molecule has 26 heavy (non-hydrogen) atoms. The number of hydrogen-bond acceptors (Lipinski definition) is 5. The van der Waals surface area contributed by atoms with E-state index in [9.17, 15) is 9.59 Å². The fraction of sp³-hybridized carbons (Fsp3) is 0.684. The lowest BCUT2D eigenvalue weighted by Gasteiger charge is -2.37. The van der Waals surface area contributed by atoms with Gasteiger partial charge >= 0.3 is 0 Å². The van der Waals surface area contributed by atoms with E-state index in [0.29, 0.717) is 26.1 Å². The lowest BCUT2D eigenvalue weighted by Crippen LogP contribution is -2.51. The van der Waals surface area contributed by atoms with E-state index in [4.69, 9.17) is 0 Å². The summed E-state index contributed by atoms with van der Waals surface area (Å²) >= 11 is 0. The van der Waals surface area contributed by atoms with Gasteiger partial charge in [0.05, 0.1) is 17.3 Å². The van der Waals surface area contributed by atoms with Gasteiger partial charge in [-0.2, -0.15) is 0 Å². The summed E-state index contributed by atoms with van der Waals surface area (Å²) in [6, 6.07) is 0. The standard InChI is InChI=1S/C19H29N5O2/c1-13-11-20-14(2)17(21-13)22-6-8-23(9-7-22)18(26)15-10-16(25)24(12-15)19(3,4)5/h11,15H,6-10,12H2,1-5H3/t15-/m0/s1. The topological polar surface area (TPSA) is 69.6 Å². The van der Waals surface area contributed by atoms with Crippen molar-refractivity contribution >= 4 is 17.6 Å². The Hall–Kier alpha value is -2.18. The van der Waals surface area contributed by atoms with Gasteiger partial charge in [0.1, 0.15) is 5.82 Å². The summed E-state index contributed by atoms with van der Waals surface area (Å²) in [5.74, 6) is 0.887. The van der Waals surface area contributed by atoms with Crippen molar-refractivity contribution in [2.45, 2.75) is 46.6 Å². The molecule has 1 aromatic heterocycles. The van der Waals surface area contributed by atoms with E-state index in [1.54, 1.807) is 6.20 Å². The van der Waals surface area contributed by atoms with Crippen LogP contribution in [-0.2, 0) is 9.59 Å². The van der Waals surface area contributed by atoms with E-state index in [1.165, 1.54) is 0 Å². The van der Waals surface area contributed by atoms with Gasteiger partial charge in [0.25, 0.3) is 0 Å². The average Bonchev–Trinajstić information content (AvgIpc) is 2.99. The van der Waals surface area contributed by atoms with Crippen LogP contribution in [0, 0.1) is 19.8 Å². The van der Waals surface area contributed by atoms with Gasteiger partial charge in [0, 0.05) is 50.9 Å². The monoisotopic (exact) mass is 359 g/mol. The summed E-state index contributed by atoms with van der Waals surface area (Å²) in [6.45, 7) is 13.3. The van der Waals surface area contributed by atoms with Crippen molar-refractivity contribution in [1.82, 2.24) is 19.8 Å². The third-order valence-electron chi connectivity index (χ3n) is 5.23. The molecule has 2 fully saturated rings. The van der Waals surface area contributed by atoms with Crippen molar-refractivity contribution in [3.05, 3.63) is 17.6 Å². The van der Waals surface area contributed by atoms with Crippen molar-refractivity contribution in [2.75, 3.05) is 37.6 Å². The molecule has 1 atom stereocenters. The van der Waals surface area contributed by atoms with Crippen molar-refractivity contribution in [1.29, 1.82) is 0 Å². The molecule has 0 unspecified atom stereocenters. The lowest BCUT2D eigenvalue weighted by atomic mass is 10.1. The first-order chi connectivity index (χ1) is 12.2. The third-order valence-corrected chi connectivity index (χ3v) is 5.23. The minimum Gasteiger partial charge on any atom is -0.352 e. The van der Waals surface area contributed by atoms with Gasteiger partial charge < -0.3 is 14.7 Å². The third kappa shape index (κ3) is 3.66. The highest BCUT2D eigenvalue weighted by molar-refractivity contribution is 5.89. The summed E-state index contributed by atoms with van der Waals surface area (Å²) in [6.07, 6.45) is 2.11.